The summed E-state index contributed by atoms with van der Waals surface area (Å²) in [5.74, 6) is 0.0118. The van der Waals surface area contributed by atoms with E-state index in [0.29, 0.717) is 17.9 Å². The third-order valence-electron chi connectivity index (χ3n) is 3.42. The maximum atomic E-state index is 13.0. The molecule has 23 heavy (non-hydrogen) atoms. The zero-order chi connectivity index (χ0) is 17.6. The van der Waals surface area contributed by atoms with Crippen LogP contribution in [0.3, 0.4) is 0 Å². The van der Waals surface area contributed by atoms with Gasteiger partial charge in [0.2, 0.25) is 0 Å². The van der Waals surface area contributed by atoms with Crippen LogP contribution in [0.4, 0.5) is 0 Å². The molecule has 0 fully saturated rings. The summed E-state index contributed by atoms with van der Waals surface area (Å²) < 4.78 is 10.4. The van der Waals surface area contributed by atoms with Crippen LogP contribution >= 0.6 is 0 Å². The molecule has 0 aliphatic rings. The minimum absolute atomic E-state index is 0.000989. The molecule has 1 rings (SSSR count). The van der Waals surface area contributed by atoms with Gasteiger partial charge in [-0.2, -0.15) is 0 Å². The second-order valence-electron chi connectivity index (χ2n) is 5.91. The molecule has 0 aliphatic carbocycles. The minimum atomic E-state index is -0.635. The third kappa shape index (κ3) is 5.36. The highest BCUT2D eigenvalue weighted by atomic mass is 16.5. The molecule has 0 spiro atoms. The first kappa shape index (κ1) is 19.2. The lowest BCUT2D eigenvalue weighted by atomic mass is 9.96. The molecule has 0 saturated heterocycles. The maximum Gasteiger partial charge on any atom is 0.307 e. The van der Waals surface area contributed by atoms with Gasteiger partial charge in [0.05, 0.1) is 31.7 Å². The van der Waals surface area contributed by atoms with Crippen LogP contribution in [0.5, 0.6) is 5.75 Å². The Morgan fingerprint density at radius 2 is 1.87 bits per heavy atom. The summed E-state index contributed by atoms with van der Waals surface area (Å²) in [7, 11) is 1.55. The van der Waals surface area contributed by atoms with Gasteiger partial charge < -0.3 is 14.8 Å². The monoisotopic (exact) mass is 321 g/mol. The molecule has 0 aliphatic heterocycles. The molecule has 1 aromatic carbocycles. The predicted molar refractivity (Wildman–Crippen MR) is 90.1 cm³/mol. The van der Waals surface area contributed by atoms with Crippen molar-refractivity contribution >= 4 is 11.8 Å². The second kappa shape index (κ2) is 8.67. The van der Waals surface area contributed by atoms with Crippen molar-refractivity contribution in [1.29, 1.82) is 0 Å². The first-order valence-electron chi connectivity index (χ1n) is 7.91. The molecule has 0 heterocycles. The van der Waals surface area contributed by atoms with Crippen molar-refractivity contribution in [2.24, 2.45) is 0 Å². The Labute approximate surface area is 138 Å². The van der Waals surface area contributed by atoms with Gasteiger partial charge in [-0.25, -0.2) is 0 Å². The Kier molecular flexibility index (Phi) is 7.23. The van der Waals surface area contributed by atoms with Crippen molar-refractivity contribution in [3.05, 3.63) is 28.8 Å². The van der Waals surface area contributed by atoms with E-state index in [-0.39, 0.29) is 24.2 Å². The number of carbonyl (C=O) groups excluding carboxylic acids is 2. The number of hydrogen-bond acceptors (Lipinski definition) is 5. The lowest BCUT2D eigenvalue weighted by molar-refractivity contribution is -0.143. The average Bonchev–Trinajstić information content (AvgIpc) is 2.44. The van der Waals surface area contributed by atoms with Gasteiger partial charge in [-0.05, 0) is 38.0 Å². The Morgan fingerprint density at radius 3 is 2.39 bits per heavy atom. The van der Waals surface area contributed by atoms with E-state index >= 15 is 0 Å². The van der Waals surface area contributed by atoms with E-state index in [1.807, 2.05) is 33.8 Å². The fourth-order valence-corrected chi connectivity index (χ4v) is 2.61. The zero-order valence-electron chi connectivity index (χ0n) is 14.9. The molecular weight excluding hydrogens is 294 g/mol. The Hall–Kier alpha value is -1.88. The zero-order valence-corrected chi connectivity index (χ0v) is 14.9. The number of rotatable bonds is 8. The third-order valence-corrected chi connectivity index (χ3v) is 3.42. The van der Waals surface area contributed by atoms with Crippen LogP contribution in [0.2, 0.25) is 0 Å². The topological polar surface area (TPSA) is 64.6 Å². The van der Waals surface area contributed by atoms with E-state index in [1.165, 1.54) is 0 Å². The Bertz CT molecular complexity index is 566. The van der Waals surface area contributed by atoms with Gasteiger partial charge >= 0.3 is 5.97 Å². The van der Waals surface area contributed by atoms with Gasteiger partial charge in [-0.3, -0.25) is 9.59 Å². The summed E-state index contributed by atoms with van der Waals surface area (Å²) in [5.41, 5.74) is 2.37. The van der Waals surface area contributed by atoms with Crippen LogP contribution in [-0.4, -0.2) is 37.6 Å². The number of ether oxygens (including phenoxy) is 2. The van der Waals surface area contributed by atoms with Crippen molar-refractivity contribution in [3.8, 4) is 5.75 Å². The number of benzene rings is 1. The van der Waals surface area contributed by atoms with E-state index in [4.69, 9.17) is 9.47 Å². The van der Waals surface area contributed by atoms with E-state index in [9.17, 15) is 9.59 Å². The summed E-state index contributed by atoms with van der Waals surface area (Å²) in [6.45, 7) is 9.75. The molecule has 0 aromatic heterocycles. The SMILES string of the molecule is CCOC(=O)CC(NC(C)C)C(=O)c1cc(C)cc(C)c1OC. The van der Waals surface area contributed by atoms with Crippen molar-refractivity contribution in [2.45, 2.75) is 53.1 Å². The quantitative estimate of drug-likeness (QED) is 0.589. The van der Waals surface area contributed by atoms with Gasteiger partial charge in [-0.1, -0.05) is 19.9 Å². The van der Waals surface area contributed by atoms with E-state index in [0.717, 1.165) is 11.1 Å². The number of nitrogens with one attached hydrogen (secondary N) is 1. The first-order valence-corrected chi connectivity index (χ1v) is 7.91. The normalized spacial score (nSPS) is 12.1. The van der Waals surface area contributed by atoms with Gasteiger partial charge in [0, 0.05) is 6.04 Å². The average molecular weight is 321 g/mol. The van der Waals surface area contributed by atoms with E-state index < -0.39 is 6.04 Å². The summed E-state index contributed by atoms with van der Waals surface area (Å²) >= 11 is 0. The maximum absolute atomic E-state index is 13.0. The molecule has 0 radical (unpaired) electrons. The number of ketones is 1. The summed E-state index contributed by atoms with van der Waals surface area (Å²) in [4.78, 5) is 24.8. The molecule has 0 bridgehead atoms. The Balaban J connectivity index is 3.16. The minimum Gasteiger partial charge on any atom is -0.496 e. The van der Waals surface area contributed by atoms with Crippen molar-refractivity contribution < 1.29 is 19.1 Å². The highest BCUT2D eigenvalue weighted by Crippen LogP contribution is 2.27. The smallest absolute Gasteiger partial charge is 0.307 e. The molecule has 1 atom stereocenters. The molecule has 1 N–H and O–H groups in total. The van der Waals surface area contributed by atoms with Gasteiger partial charge in [0.15, 0.2) is 5.78 Å². The Morgan fingerprint density at radius 1 is 1.22 bits per heavy atom. The van der Waals surface area contributed by atoms with Crippen molar-refractivity contribution in [1.82, 2.24) is 5.32 Å². The fourth-order valence-electron chi connectivity index (χ4n) is 2.61. The van der Waals surface area contributed by atoms with Crippen LogP contribution < -0.4 is 10.1 Å². The number of hydrogen-bond donors (Lipinski definition) is 1. The molecule has 0 saturated carbocycles. The van der Waals surface area contributed by atoms with Crippen LogP contribution in [0.25, 0.3) is 0 Å². The molecule has 128 valence electrons. The number of aryl methyl sites for hydroxylation is 2. The lowest BCUT2D eigenvalue weighted by Crippen LogP contribution is -2.42. The van der Waals surface area contributed by atoms with Crippen molar-refractivity contribution in [2.75, 3.05) is 13.7 Å². The lowest BCUT2D eigenvalue weighted by Gasteiger charge is -2.21. The number of esters is 1. The van der Waals surface area contributed by atoms with Gasteiger partial charge in [0.25, 0.3) is 0 Å². The highest BCUT2D eigenvalue weighted by Gasteiger charge is 2.27. The van der Waals surface area contributed by atoms with E-state index in [2.05, 4.69) is 5.32 Å². The summed E-state index contributed by atoms with van der Waals surface area (Å²) in [6, 6.07) is 3.19. The highest BCUT2D eigenvalue weighted by molar-refractivity contribution is 6.04. The predicted octanol–water partition coefficient (Wildman–Crippen LogP) is 2.81. The van der Waals surface area contributed by atoms with Crippen LogP contribution in [0, 0.1) is 13.8 Å². The van der Waals surface area contributed by atoms with Gasteiger partial charge in [-0.15, -0.1) is 0 Å². The largest absolute Gasteiger partial charge is 0.496 e. The van der Waals surface area contributed by atoms with Crippen molar-refractivity contribution in [3.63, 3.8) is 0 Å². The molecular formula is C18H27NO4. The summed E-state index contributed by atoms with van der Waals surface area (Å²) in [5, 5.41) is 3.15. The van der Waals surface area contributed by atoms with Crippen LogP contribution in [0.1, 0.15) is 48.7 Å². The molecule has 1 unspecified atom stereocenters. The number of Topliss-reactive ketones (excluding diaryl/α,β-unsaturated/α-hetero) is 1. The molecule has 1 aromatic rings. The number of carbonyl (C=O) groups is 2. The van der Waals surface area contributed by atoms with Crippen LogP contribution in [0.15, 0.2) is 12.1 Å². The first-order chi connectivity index (χ1) is 10.8. The molecule has 0 amide bonds. The van der Waals surface area contributed by atoms with Gasteiger partial charge in [0.1, 0.15) is 5.75 Å². The fraction of sp³-hybridized carbons (Fsp3) is 0.556. The van der Waals surface area contributed by atoms with Crippen LogP contribution in [-0.2, 0) is 9.53 Å². The summed E-state index contributed by atoms with van der Waals surface area (Å²) in [6.07, 6.45) is 0.000989. The molecule has 5 nitrogen and oxygen atoms in total. The number of methoxy groups -OCH3 is 1. The molecule has 5 heteroatoms. The van der Waals surface area contributed by atoms with E-state index in [1.54, 1.807) is 20.1 Å². The second-order valence-corrected chi connectivity index (χ2v) is 5.91. The standard InChI is InChI=1S/C18H27NO4/c1-7-23-16(20)10-15(19-11(2)3)17(21)14-9-12(4)8-13(5)18(14)22-6/h8-9,11,15,19H,7,10H2,1-6H3.